The molecule has 0 radical (unpaired) electrons. The van der Waals surface area contributed by atoms with Crippen molar-refractivity contribution in [3.8, 4) is 11.4 Å². The van der Waals surface area contributed by atoms with Crippen molar-refractivity contribution in [3.63, 3.8) is 0 Å². The van der Waals surface area contributed by atoms with Gasteiger partial charge in [-0.3, -0.25) is 4.79 Å². The predicted octanol–water partition coefficient (Wildman–Crippen LogP) is 4.52. The summed E-state index contributed by atoms with van der Waals surface area (Å²) in [6, 6.07) is 18.9. The topological polar surface area (TPSA) is 43.3 Å². The second-order valence-electron chi connectivity index (χ2n) is 5.44. The number of rotatable bonds is 6. The van der Waals surface area contributed by atoms with E-state index in [0.717, 1.165) is 12.1 Å². The average molecular weight is 320 g/mol. The van der Waals surface area contributed by atoms with Crippen LogP contribution in [0.5, 0.6) is 5.75 Å². The quantitative estimate of drug-likeness (QED) is 0.726. The zero-order valence-electron chi connectivity index (χ0n) is 13.6. The van der Waals surface area contributed by atoms with E-state index < -0.39 is 0 Å². The van der Waals surface area contributed by atoms with Gasteiger partial charge in [-0.1, -0.05) is 19.1 Å². The molecule has 0 saturated heterocycles. The van der Waals surface area contributed by atoms with Gasteiger partial charge in [-0.2, -0.15) is 0 Å². The first-order valence-electron chi connectivity index (χ1n) is 8.04. The molecule has 4 heteroatoms. The summed E-state index contributed by atoms with van der Waals surface area (Å²) in [6.07, 6.45) is 4.86. The SMILES string of the molecule is CCCOc1ccccc1NC(=O)c1ccc(-n2cccc2)cc1. The Bertz CT molecular complexity index is 793. The third-order valence-electron chi connectivity index (χ3n) is 3.63. The van der Waals surface area contributed by atoms with Crippen LogP contribution in [-0.4, -0.2) is 17.1 Å². The van der Waals surface area contributed by atoms with Crippen LogP contribution in [0.25, 0.3) is 5.69 Å². The smallest absolute Gasteiger partial charge is 0.255 e. The molecule has 0 aliphatic rings. The first-order chi connectivity index (χ1) is 11.8. The molecule has 0 aliphatic carbocycles. The Morgan fingerprint density at radius 1 is 1.00 bits per heavy atom. The third kappa shape index (κ3) is 3.66. The first-order valence-corrected chi connectivity index (χ1v) is 8.04. The molecule has 4 nitrogen and oxygen atoms in total. The van der Waals surface area contributed by atoms with Gasteiger partial charge in [-0.15, -0.1) is 0 Å². The van der Waals surface area contributed by atoms with Crippen LogP contribution >= 0.6 is 0 Å². The van der Waals surface area contributed by atoms with E-state index in [0.29, 0.717) is 23.6 Å². The Morgan fingerprint density at radius 2 is 1.71 bits per heavy atom. The van der Waals surface area contributed by atoms with E-state index in [1.165, 1.54) is 0 Å². The van der Waals surface area contributed by atoms with Gasteiger partial charge < -0.3 is 14.6 Å². The number of nitrogens with zero attached hydrogens (tertiary/aromatic N) is 1. The number of carbonyl (C=O) groups is 1. The number of benzene rings is 2. The van der Waals surface area contributed by atoms with Gasteiger partial charge in [0.25, 0.3) is 5.91 Å². The lowest BCUT2D eigenvalue weighted by atomic mass is 10.2. The lowest BCUT2D eigenvalue weighted by Gasteiger charge is -2.12. The highest BCUT2D eigenvalue weighted by atomic mass is 16.5. The zero-order valence-corrected chi connectivity index (χ0v) is 13.6. The van der Waals surface area contributed by atoms with Gasteiger partial charge in [0.05, 0.1) is 12.3 Å². The van der Waals surface area contributed by atoms with Crippen LogP contribution in [0.3, 0.4) is 0 Å². The van der Waals surface area contributed by atoms with E-state index in [-0.39, 0.29) is 5.91 Å². The Kier molecular flexibility index (Phi) is 4.96. The molecule has 0 bridgehead atoms. The van der Waals surface area contributed by atoms with Crippen LogP contribution in [0.1, 0.15) is 23.7 Å². The third-order valence-corrected chi connectivity index (χ3v) is 3.63. The molecule has 122 valence electrons. The number of anilines is 1. The van der Waals surface area contributed by atoms with Crippen molar-refractivity contribution in [3.05, 3.63) is 78.6 Å². The second-order valence-corrected chi connectivity index (χ2v) is 5.44. The minimum Gasteiger partial charge on any atom is -0.491 e. The number of aromatic nitrogens is 1. The summed E-state index contributed by atoms with van der Waals surface area (Å²) in [5, 5.41) is 2.92. The number of hydrogen-bond acceptors (Lipinski definition) is 2. The number of ether oxygens (including phenoxy) is 1. The highest BCUT2D eigenvalue weighted by molar-refractivity contribution is 6.05. The molecule has 0 unspecified atom stereocenters. The molecule has 3 aromatic rings. The molecule has 1 amide bonds. The fourth-order valence-electron chi connectivity index (χ4n) is 2.39. The van der Waals surface area contributed by atoms with Gasteiger partial charge in [-0.05, 0) is 55.0 Å². The van der Waals surface area contributed by atoms with Crippen molar-refractivity contribution in [2.24, 2.45) is 0 Å². The highest BCUT2D eigenvalue weighted by Gasteiger charge is 2.10. The van der Waals surface area contributed by atoms with Crippen LogP contribution in [0.4, 0.5) is 5.69 Å². The van der Waals surface area contributed by atoms with Gasteiger partial charge in [0, 0.05) is 23.6 Å². The number of amides is 1. The fraction of sp³-hybridized carbons (Fsp3) is 0.150. The van der Waals surface area contributed by atoms with Crippen molar-refractivity contribution in [2.75, 3.05) is 11.9 Å². The fourth-order valence-corrected chi connectivity index (χ4v) is 2.39. The second kappa shape index (κ2) is 7.51. The number of hydrogen-bond donors (Lipinski definition) is 1. The molecule has 0 aliphatic heterocycles. The molecular weight excluding hydrogens is 300 g/mol. The summed E-state index contributed by atoms with van der Waals surface area (Å²) in [4.78, 5) is 12.5. The first kappa shape index (κ1) is 15.9. The number of nitrogens with one attached hydrogen (secondary N) is 1. The summed E-state index contributed by atoms with van der Waals surface area (Å²) >= 11 is 0. The van der Waals surface area contributed by atoms with Gasteiger partial charge in [0.1, 0.15) is 5.75 Å². The normalized spacial score (nSPS) is 10.4. The number of para-hydroxylation sites is 2. The summed E-state index contributed by atoms with van der Waals surface area (Å²) < 4.78 is 7.67. The summed E-state index contributed by atoms with van der Waals surface area (Å²) in [7, 11) is 0. The molecule has 24 heavy (non-hydrogen) atoms. The van der Waals surface area contributed by atoms with Crippen LogP contribution in [0, 0.1) is 0 Å². The Morgan fingerprint density at radius 3 is 2.42 bits per heavy atom. The van der Waals surface area contributed by atoms with E-state index in [1.54, 1.807) is 0 Å². The molecular formula is C20H20N2O2. The summed E-state index contributed by atoms with van der Waals surface area (Å²) in [5.74, 6) is 0.540. The molecule has 1 heterocycles. The average Bonchev–Trinajstić information content (AvgIpc) is 3.16. The highest BCUT2D eigenvalue weighted by Crippen LogP contribution is 2.24. The minimum atomic E-state index is -0.151. The molecule has 1 aromatic heterocycles. The largest absolute Gasteiger partial charge is 0.491 e. The Hall–Kier alpha value is -3.01. The maximum atomic E-state index is 12.5. The monoisotopic (exact) mass is 320 g/mol. The van der Waals surface area contributed by atoms with Crippen molar-refractivity contribution in [2.45, 2.75) is 13.3 Å². The van der Waals surface area contributed by atoms with Gasteiger partial charge in [0.15, 0.2) is 0 Å². The van der Waals surface area contributed by atoms with E-state index in [2.05, 4.69) is 5.32 Å². The molecule has 0 saturated carbocycles. The van der Waals surface area contributed by atoms with E-state index in [9.17, 15) is 4.79 Å². The summed E-state index contributed by atoms with van der Waals surface area (Å²) in [5.41, 5.74) is 2.31. The van der Waals surface area contributed by atoms with Crippen LogP contribution in [-0.2, 0) is 0 Å². The standard InChI is InChI=1S/C20H20N2O2/c1-2-15-24-19-8-4-3-7-18(19)21-20(23)16-9-11-17(12-10-16)22-13-5-6-14-22/h3-14H,2,15H2,1H3,(H,21,23). The van der Waals surface area contributed by atoms with Crippen LogP contribution in [0.2, 0.25) is 0 Å². The maximum Gasteiger partial charge on any atom is 0.255 e. The lowest BCUT2D eigenvalue weighted by molar-refractivity contribution is 0.102. The molecule has 2 aromatic carbocycles. The van der Waals surface area contributed by atoms with E-state index >= 15 is 0 Å². The lowest BCUT2D eigenvalue weighted by Crippen LogP contribution is -2.13. The predicted molar refractivity (Wildman–Crippen MR) is 96.0 cm³/mol. The van der Waals surface area contributed by atoms with E-state index in [1.807, 2.05) is 84.5 Å². The van der Waals surface area contributed by atoms with Crippen molar-refractivity contribution < 1.29 is 9.53 Å². The van der Waals surface area contributed by atoms with Crippen LogP contribution < -0.4 is 10.1 Å². The molecule has 3 rings (SSSR count). The number of carbonyl (C=O) groups excluding carboxylic acids is 1. The van der Waals surface area contributed by atoms with Crippen LogP contribution in [0.15, 0.2) is 73.1 Å². The maximum absolute atomic E-state index is 12.5. The van der Waals surface area contributed by atoms with Gasteiger partial charge >= 0.3 is 0 Å². The minimum absolute atomic E-state index is 0.151. The molecule has 0 fully saturated rings. The van der Waals surface area contributed by atoms with Crippen molar-refractivity contribution in [1.82, 2.24) is 4.57 Å². The van der Waals surface area contributed by atoms with Crippen molar-refractivity contribution >= 4 is 11.6 Å². The Labute approximate surface area is 141 Å². The van der Waals surface area contributed by atoms with Crippen molar-refractivity contribution in [1.29, 1.82) is 0 Å². The zero-order chi connectivity index (χ0) is 16.8. The van der Waals surface area contributed by atoms with E-state index in [4.69, 9.17) is 4.74 Å². The molecule has 1 N–H and O–H groups in total. The Balaban J connectivity index is 1.73. The summed E-state index contributed by atoms with van der Waals surface area (Å²) in [6.45, 7) is 2.67. The molecule has 0 spiro atoms. The van der Waals surface area contributed by atoms with Gasteiger partial charge in [0.2, 0.25) is 0 Å². The molecule has 0 atom stereocenters. The van der Waals surface area contributed by atoms with Gasteiger partial charge in [-0.25, -0.2) is 0 Å².